The van der Waals surface area contributed by atoms with Crippen molar-refractivity contribution in [2.24, 2.45) is 0 Å². The largest absolute Gasteiger partial charge is 0.484 e. The third-order valence-electron chi connectivity index (χ3n) is 4.79. The van der Waals surface area contributed by atoms with Gasteiger partial charge in [0.1, 0.15) is 5.75 Å². The normalized spacial score (nSPS) is 12.1. The van der Waals surface area contributed by atoms with Gasteiger partial charge in [0.05, 0.1) is 24.5 Å². The summed E-state index contributed by atoms with van der Waals surface area (Å²) in [6, 6.07) is 23.6. The van der Waals surface area contributed by atoms with Crippen molar-refractivity contribution in [2.75, 3.05) is 17.2 Å². The zero-order chi connectivity index (χ0) is 23.1. The van der Waals surface area contributed by atoms with Gasteiger partial charge in [0.25, 0.3) is 5.91 Å². The summed E-state index contributed by atoms with van der Waals surface area (Å²) >= 11 is 3.43. The van der Waals surface area contributed by atoms with E-state index in [2.05, 4.69) is 21.2 Å². The first-order valence-corrected chi connectivity index (χ1v) is 12.7. The molecule has 1 unspecified atom stereocenters. The molecule has 1 amide bonds. The summed E-state index contributed by atoms with van der Waals surface area (Å²) in [4.78, 5) is 12.3. The molecule has 3 rings (SSSR count). The number of ether oxygens (including phenoxy) is 1. The molecule has 0 fully saturated rings. The first-order chi connectivity index (χ1) is 15.2. The van der Waals surface area contributed by atoms with Crippen molar-refractivity contribution >= 4 is 37.5 Å². The van der Waals surface area contributed by atoms with Crippen molar-refractivity contribution in [3.63, 3.8) is 0 Å². The van der Waals surface area contributed by atoms with Gasteiger partial charge in [0, 0.05) is 4.47 Å². The maximum absolute atomic E-state index is 12.3. The average Bonchev–Trinajstić information content (AvgIpc) is 2.76. The number of amides is 1. The number of benzene rings is 3. The highest BCUT2D eigenvalue weighted by atomic mass is 79.9. The van der Waals surface area contributed by atoms with Crippen LogP contribution in [0, 0.1) is 0 Å². The molecule has 1 N–H and O–H groups in total. The van der Waals surface area contributed by atoms with Crippen LogP contribution in [-0.4, -0.2) is 27.2 Å². The van der Waals surface area contributed by atoms with Crippen molar-refractivity contribution in [1.82, 2.24) is 5.32 Å². The molecule has 32 heavy (non-hydrogen) atoms. The Balaban J connectivity index is 1.60. The lowest BCUT2D eigenvalue weighted by atomic mass is 10.1. The second-order valence-corrected chi connectivity index (χ2v) is 10.2. The Morgan fingerprint density at radius 1 is 1.03 bits per heavy atom. The lowest BCUT2D eigenvalue weighted by Crippen LogP contribution is -2.31. The monoisotopic (exact) mass is 516 g/mol. The van der Waals surface area contributed by atoms with Crippen LogP contribution < -0.4 is 14.4 Å². The van der Waals surface area contributed by atoms with Gasteiger partial charge in [0.2, 0.25) is 10.0 Å². The van der Waals surface area contributed by atoms with Gasteiger partial charge < -0.3 is 10.1 Å². The molecule has 0 aromatic heterocycles. The van der Waals surface area contributed by atoms with Crippen LogP contribution in [-0.2, 0) is 21.4 Å². The van der Waals surface area contributed by atoms with Gasteiger partial charge in [-0.3, -0.25) is 9.10 Å². The van der Waals surface area contributed by atoms with E-state index in [1.54, 1.807) is 24.3 Å². The van der Waals surface area contributed by atoms with E-state index in [4.69, 9.17) is 4.74 Å². The van der Waals surface area contributed by atoms with Crippen molar-refractivity contribution in [1.29, 1.82) is 0 Å². The quantitative estimate of drug-likeness (QED) is 0.448. The Bertz CT molecular complexity index is 1150. The van der Waals surface area contributed by atoms with Gasteiger partial charge in [-0.25, -0.2) is 8.42 Å². The summed E-state index contributed by atoms with van der Waals surface area (Å²) in [6.45, 7) is 1.99. The minimum atomic E-state index is -3.47. The van der Waals surface area contributed by atoms with Crippen molar-refractivity contribution in [3.05, 3.63) is 94.5 Å². The molecule has 0 heterocycles. The number of carbonyl (C=O) groups is 1. The first-order valence-electron chi connectivity index (χ1n) is 10.0. The molecule has 0 spiro atoms. The molecule has 3 aromatic rings. The Morgan fingerprint density at radius 2 is 1.72 bits per heavy atom. The highest BCUT2D eigenvalue weighted by molar-refractivity contribution is 9.10. The molecule has 3 aromatic carbocycles. The van der Waals surface area contributed by atoms with E-state index >= 15 is 0 Å². The standard InChI is InChI=1S/C24H25BrN2O4S/c1-18(20-9-6-10-21(25)15-20)26-24(28)17-31-23-13-11-22(12-14-23)27(32(2,29)30)16-19-7-4-3-5-8-19/h3-15,18H,16-17H2,1-2H3,(H,26,28). The number of sulfonamides is 1. The molecule has 0 saturated heterocycles. The van der Waals surface area contributed by atoms with Crippen molar-refractivity contribution in [3.8, 4) is 5.75 Å². The van der Waals surface area contributed by atoms with Gasteiger partial charge in [-0.2, -0.15) is 0 Å². The van der Waals surface area contributed by atoms with Crippen LogP contribution in [0.2, 0.25) is 0 Å². The predicted molar refractivity (Wildman–Crippen MR) is 130 cm³/mol. The number of anilines is 1. The van der Waals surface area contributed by atoms with E-state index in [1.807, 2.05) is 61.5 Å². The van der Waals surface area contributed by atoms with Crippen molar-refractivity contribution in [2.45, 2.75) is 19.5 Å². The smallest absolute Gasteiger partial charge is 0.258 e. The van der Waals surface area contributed by atoms with Crippen LogP contribution in [0.25, 0.3) is 0 Å². The Labute approximate surface area is 197 Å². The van der Waals surface area contributed by atoms with E-state index in [9.17, 15) is 13.2 Å². The molecule has 0 bridgehead atoms. The minimum Gasteiger partial charge on any atom is -0.484 e. The molecule has 8 heteroatoms. The Hall–Kier alpha value is -2.84. The molecule has 0 saturated carbocycles. The van der Waals surface area contributed by atoms with Gasteiger partial charge in [-0.1, -0.05) is 58.4 Å². The number of nitrogens with one attached hydrogen (secondary N) is 1. The van der Waals surface area contributed by atoms with Crippen LogP contribution in [0.15, 0.2) is 83.3 Å². The van der Waals surface area contributed by atoms with Crippen LogP contribution in [0.3, 0.4) is 0 Å². The summed E-state index contributed by atoms with van der Waals surface area (Å²) in [6.07, 6.45) is 1.18. The van der Waals surface area contributed by atoms with Crippen molar-refractivity contribution < 1.29 is 17.9 Å². The van der Waals surface area contributed by atoms with E-state index in [0.717, 1.165) is 15.6 Å². The van der Waals surface area contributed by atoms with Crippen LogP contribution >= 0.6 is 15.9 Å². The zero-order valence-corrected chi connectivity index (χ0v) is 20.3. The predicted octanol–water partition coefficient (Wildman–Crippen LogP) is 4.67. The number of hydrogen-bond donors (Lipinski definition) is 1. The Kier molecular flexibility index (Phi) is 7.93. The molecule has 168 valence electrons. The molecule has 1 atom stereocenters. The molecule has 0 aliphatic carbocycles. The van der Waals surface area contributed by atoms with Crippen LogP contribution in [0.4, 0.5) is 5.69 Å². The van der Waals surface area contributed by atoms with Gasteiger partial charge >= 0.3 is 0 Å². The highest BCUT2D eigenvalue weighted by Gasteiger charge is 2.18. The maximum atomic E-state index is 12.3. The number of halogens is 1. The lowest BCUT2D eigenvalue weighted by Gasteiger charge is -2.23. The zero-order valence-electron chi connectivity index (χ0n) is 17.9. The van der Waals surface area contributed by atoms with Gasteiger partial charge in [-0.15, -0.1) is 0 Å². The van der Waals surface area contributed by atoms with E-state index < -0.39 is 10.0 Å². The summed E-state index contributed by atoms with van der Waals surface area (Å²) < 4.78 is 32.5. The van der Waals surface area contributed by atoms with Gasteiger partial charge in [-0.05, 0) is 54.4 Å². The molecule has 0 radical (unpaired) electrons. The van der Waals surface area contributed by atoms with Crippen LogP contribution in [0.5, 0.6) is 5.75 Å². The third kappa shape index (κ3) is 6.83. The fourth-order valence-corrected chi connectivity index (χ4v) is 4.45. The summed E-state index contributed by atoms with van der Waals surface area (Å²) in [5, 5.41) is 2.90. The molecule has 0 aliphatic rings. The minimum absolute atomic E-state index is 0.141. The lowest BCUT2D eigenvalue weighted by molar-refractivity contribution is -0.123. The Morgan fingerprint density at radius 3 is 2.34 bits per heavy atom. The molecule has 0 aliphatic heterocycles. The average molecular weight is 517 g/mol. The molecule has 6 nitrogen and oxygen atoms in total. The van der Waals surface area contributed by atoms with E-state index in [-0.39, 0.29) is 25.1 Å². The summed E-state index contributed by atoms with van der Waals surface area (Å²) in [5.74, 6) is 0.232. The summed E-state index contributed by atoms with van der Waals surface area (Å²) in [5.41, 5.74) is 2.39. The highest BCUT2D eigenvalue weighted by Crippen LogP contribution is 2.24. The maximum Gasteiger partial charge on any atom is 0.258 e. The summed E-state index contributed by atoms with van der Waals surface area (Å²) in [7, 11) is -3.47. The van der Waals surface area contributed by atoms with E-state index in [0.29, 0.717) is 11.4 Å². The molecular weight excluding hydrogens is 492 g/mol. The number of hydrogen-bond acceptors (Lipinski definition) is 4. The number of nitrogens with zero attached hydrogens (tertiary/aromatic N) is 1. The number of carbonyl (C=O) groups excluding carboxylic acids is 1. The fourth-order valence-electron chi connectivity index (χ4n) is 3.15. The number of rotatable bonds is 9. The fraction of sp³-hybridized carbons (Fsp3) is 0.208. The SMILES string of the molecule is CC(NC(=O)COc1ccc(N(Cc2ccccc2)S(C)(=O)=O)cc1)c1cccc(Br)c1. The second-order valence-electron chi connectivity index (χ2n) is 7.38. The van der Waals surface area contributed by atoms with Gasteiger partial charge in [0.15, 0.2) is 6.61 Å². The topological polar surface area (TPSA) is 75.7 Å². The second kappa shape index (κ2) is 10.7. The van der Waals surface area contributed by atoms with E-state index in [1.165, 1.54) is 10.6 Å². The van der Waals surface area contributed by atoms with Crippen LogP contribution in [0.1, 0.15) is 24.1 Å². The third-order valence-corrected chi connectivity index (χ3v) is 6.42. The molecular formula is C24H25BrN2O4S. The first kappa shape index (κ1) is 23.8.